The average Bonchev–Trinajstić information content (AvgIpc) is 3.45. The van der Waals surface area contributed by atoms with Crippen LogP contribution >= 0.6 is 0 Å². The largest absolute Gasteiger partial charge is 0.346 e. The molecule has 0 saturated heterocycles. The van der Waals surface area contributed by atoms with Gasteiger partial charge in [-0.05, 0) is 56.5 Å². The number of aromatic nitrogens is 3. The van der Waals surface area contributed by atoms with Gasteiger partial charge in [0.25, 0.3) is 5.56 Å². The first kappa shape index (κ1) is 18.2. The molecule has 144 valence electrons. The van der Waals surface area contributed by atoms with Crippen molar-refractivity contribution in [1.29, 1.82) is 0 Å². The maximum absolute atomic E-state index is 12.5. The zero-order valence-electron chi connectivity index (χ0n) is 16.4. The molecule has 6 nitrogen and oxygen atoms in total. The van der Waals surface area contributed by atoms with Gasteiger partial charge in [0, 0.05) is 30.6 Å². The van der Waals surface area contributed by atoms with Gasteiger partial charge >= 0.3 is 0 Å². The van der Waals surface area contributed by atoms with Gasteiger partial charge in [0.1, 0.15) is 5.82 Å². The lowest BCUT2D eigenvalue weighted by Gasteiger charge is -2.14. The molecule has 28 heavy (non-hydrogen) atoms. The molecular weight excluding hydrogens is 352 g/mol. The van der Waals surface area contributed by atoms with Gasteiger partial charge in [-0.25, -0.2) is 4.98 Å². The Morgan fingerprint density at radius 3 is 2.82 bits per heavy atom. The number of hydrogen-bond donors (Lipinski definition) is 1. The number of benzene rings is 1. The number of nitrogens with zero attached hydrogens (tertiary/aromatic N) is 3. The van der Waals surface area contributed by atoms with E-state index in [4.69, 9.17) is 0 Å². The van der Waals surface area contributed by atoms with Crippen LogP contribution in [0.15, 0.2) is 41.2 Å². The molecule has 0 unspecified atom stereocenters. The van der Waals surface area contributed by atoms with Crippen LogP contribution in [0.2, 0.25) is 0 Å². The van der Waals surface area contributed by atoms with Crippen LogP contribution in [-0.4, -0.2) is 32.4 Å². The number of fused-ring (bicyclic) bond motifs is 1. The summed E-state index contributed by atoms with van der Waals surface area (Å²) >= 11 is 0. The number of hydrogen-bond acceptors (Lipinski definition) is 3. The van der Waals surface area contributed by atoms with Crippen LogP contribution in [0.1, 0.15) is 41.7 Å². The van der Waals surface area contributed by atoms with Crippen molar-refractivity contribution in [2.75, 3.05) is 7.05 Å². The zero-order valence-corrected chi connectivity index (χ0v) is 16.4. The highest BCUT2D eigenvalue weighted by Gasteiger charge is 2.26. The third-order valence-electron chi connectivity index (χ3n) is 5.27. The summed E-state index contributed by atoms with van der Waals surface area (Å²) in [6.45, 7) is 4.45. The smallest absolute Gasteiger partial charge is 0.258 e. The summed E-state index contributed by atoms with van der Waals surface area (Å²) in [6.07, 6.45) is 5.92. The van der Waals surface area contributed by atoms with Crippen molar-refractivity contribution in [3.63, 3.8) is 0 Å². The third-order valence-corrected chi connectivity index (χ3v) is 5.27. The van der Waals surface area contributed by atoms with Crippen molar-refractivity contribution in [2.24, 2.45) is 0 Å². The number of carbonyl (C=O) groups excluding carboxylic acids is 1. The van der Waals surface area contributed by atoms with Gasteiger partial charge in [-0.15, -0.1) is 0 Å². The van der Waals surface area contributed by atoms with E-state index >= 15 is 0 Å². The lowest BCUT2D eigenvalue weighted by Crippen LogP contribution is -2.26. The fraction of sp³-hybridized carbons (Fsp3) is 0.318. The average molecular weight is 376 g/mol. The molecule has 0 spiro atoms. The number of nitrogens with one attached hydrogen (secondary N) is 1. The number of H-pyrrole nitrogens is 1. The normalized spacial score (nSPS) is 14.1. The highest BCUT2D eigenvalue weighted by Crippen LogP contribution is 2.38. The molecule has 0 radical (unpaired) electrons. The van der Waals surface area contributed by atoms with Gasteiger partial charge in [-0.3, -0.25) is 9.59 Å². The number of rotatable bonds is 5. The third kappa shape index (κ3) is 3.50. The minimum atomic E-state index is -0.190. The molecule has 0 atom stereocenters. The first-order valence-electron chi connectivity index (χ1n) is 9.53. The van der Waals surface area contributed by atoms with E-state index in [1.807, 2.05) is 12.1 Å². The Bertz CT molecular complexity index is 1140. The molecule has 4 rings (SSSR count). The predicted molar refractivity (Wildman–Crippen MR) is 110 cm³/mol. The van der Waals surface area contributed by atoms with E-state index < -0.39 is 0 Å². The number of para-hydroxylation sites is 1. The van der Waals surface area contributed by atoms with E-state index in [2.05, 4.69) is 34.4 Å². The van der Waals surface area contributed by atoms with Crippen molar-refractivity contribution in [2.45, 2.75) is 39.3 Å². The highest BCUT2D eigenvalue weighted by atomic mass is 16.2. The fourth-order valence-electron chi connectivity index (χ4n) is 3.67. The summed E-state index contributed by atoms with van der Waals surface area (Å²) in [7, 11) is 1.70. The molecule has 1 N–H and O–H groups in total. The molecule has 3 aromatic rings. The lowest BCUT2D eigenvalue weighted by molar-refractivity contribution is -0.125. The molecule has 1 fully saturated rings. The van der Waals surface area contributed by atoms with Crippen LogP contribution in [0.3, 0.4) is 0 Å². The monoisotopic (exact) mass is 376 g/mol. The van der Waals surface area contributed by atoms with Crippen LogP contribution in [0.4, 0.5) is 0 Å². The molecule has 6 heteroatoms. The number of carbonyl (C=O) groups is 1. The van der Waals surface area contributed by atoms with Gasteiger partial charge in [-0.1, -0.05) is 12.1 Å². The van der Waals surface area contributed by atoms with Gasteiger partial charge in [0.05, 0.1) is 17.4 Å². The van der Waals surface area contributed by atoms with Crippen LogP contribution in [-0.2, 0) is 11.3 Å². The minimum Gasteiger partial charge on any atom is -0.346 e. The predicted octanol–water partition coefficient (Wildman–Crippen LogP) is 3.35. The lowest BCUT2D eigenvalue weighted by atomic mass is 10.2. The minimum absolute atomic E-state index is 0.132. The van der Waals surface area contributed by atoms with Gasteiger partial charge in [0.2, 0.25) is 5.91 Å². The number of aryl methyl sites for hydroxylation is 1. The Labute approximate surface area is 163 Å². The van der Waals surface area contributed by atoms with Crippen LogP contribution in [0.5, 0.6) is 0 Å². The number of amides is 1. The molecule has 0 aliphatic heterocycles. The molecule has 1 amide bonds. The van der Waals surface area contributed by atoms with E-state index in [9.17, 15) is 9.59 Å². The van der Waals surface area contributed by atoms with Crippen molar-refractivity contribution in [1.82, 2.24) is 19.4 Å². The van der Waals surface area contributed by atoms with Gasteiger partial charge < -0.3 is 14.5 Å². The summed E-state index contributed by atoms with van der Waals surface area (Å²) in [4.78, 5) is 33.5. The molecule has 1 aromatic carbocycles. The van der Waals surface area contributed by atoms with Crippen LogP contribution < -0.4 is 5.56 Å². The van der Waals surface area contributed by atoms with E-state index in [1.165, 1.54) is 24.2 Å². The first-order chi connectivity index (χ1) is 13.4. The Morgan fingerprint density at radius 2 is 2.07 bits per heavy atom. The van der Waals surface area contributed by atoms with Crippen molar-refractivity contribution >= 4 is 22.9 Å². The van der Waals surface area contributed by atoms with Crippen molar-refractivity contribution in [3.05, 3.63) is 69.5 Å². The Kier molecular flexibility index (Phi) is 4.63. The maximum atomic E-state index is 12.5. The number of likely N-dealkylation sites (N-methyl/N-ethyl adjacent to an activating group) is 1. The molecule has 1 aliphatic rings. The van der Waals surface area contributed by atoms with Crippen molar-refractivity contribution in [3.8, 4) is 0 Å². The maximum Gasteiger partial charge on any atom is 0.258 e. The van der Waals surface area contributed by atoms with Crippen molar-refractivity contribution < 1.29 is 4.79 Å². The Hall–Kier alpha value is -3.15. The second kappa shape index (κ2) is 7.11. The van der Waals surface area contributed by atoms with E-state index in [1.54, 1.807) is 36.2 Å². The van der Waals surface area contributed by atoms with Gasteiger partial charge in [0.15, 0.2) is 0 Å². The molecule has 1 aliphatic carbocycles. The first-order valence-corrected chi connectivity index (χ1v) is 9.53. The van der Waals surface area contributed by atoms with Crippen LogP contribution in [0.25, 0.3) is 17.0 Å². The van der Waals surface area contributed by atoms with Crippen LogP contribution in [0, 0.1) is 13.8 Å². The standard InChI is InChI=1S/C22H24N4O2/c1-14-12-16(15(2)26(14)17-9-10-17)8-11-21(27)25(3)13-20-23-19-7-5-4-6-18(19)22(28)24-20/h4-8,11-12,17H,9-10,13H2,1-3H3,(H,23,24,28)/b11-8+. The van der Waals surface area contributed by atoms with E-state index in [0.717, 1.165) is 5.56 Å². The van der Waals surface area contributed by atoms with Gasteiger partial charge in [-0.2, -0.15) is 0 Å². The molecule has 2 aromatic heterocycles. The quantitative estimate of drug-likeness (QED) is 0.694. The summed E-state index contributed by atoms with van der Waals surface area (Å²) in [5, 5.41) is 0.547. The van der Waals surface area contributed by atoms with E-state index in [-0.39, 0.29) is 18.0 Å². The summed E-state index contributed by atoms with van der Waals surface area (Å²) in [5.74, 6) is 0.340. The molecule has 1 saturated carbocycles. The Balaban J connectivity index is 1.49. The highest BCUT2D eigenvalue weighted by molar-refractivity contribution is 5.91. The number of aromatic amines is 1. The molecular formula is C22H24N4O2. The zero-order chi connectivity index (χ0) is 19.8. The second-order valence-corrected chi connectivity index (χ2v) is 7.49. The molecule has 0 bridgehead atoms. The topological polar surface area (TPSA) is 71.0 Å². The summed E-state index contributed by atoms with van der Waals surface area (Å²) in [5.41, 5.74) is 3.95. The molecule has 2 heterocycles. The summed E-state index contributed by atoms with van der Waals surface area (Å²) < 4.78 is 2.36. The van der Waals surface area contributed by atoms with E-state index in [0.29, 0.717) is 22.8 Å². The Morgan fingerprint density at radius 1 is 1.32 bits per heavy atom. The fourth-order valence-corrected chi connectivity index (χ4v) is 3.67. The SMILES string of the molecule is Cc1cc(/C=C/C(=O)N(C)Cc2nc3ccccc3c(=O)[nH]2)c(C)n1C1CC1. The summed E-state index contributed by atoms with van der Waals surface area (Å²) in [6, 6.07) is 9.93. The second-order valence-electron chi connectivity index (χ2n) is 7.49.